The second-order valence-electron chi connectivity index (χ2n) is 9.25. The molecular weight excluding hydrogens is 481 g/mol. The maximum absolute atomic E-state index is 13.5. The molecule has 1 atom stereocenters. The van der Waals surface area contributed by atoms with E-state index in [4.69, 9.17) is 16.3 Å². The monoisotopic (exact) mass is 505 g/mol. The number of carbonyl (C=O) groups excluding carboxylic acids is 5. The summed E-state index contributed by atoms with van der Waals surface area (Å²) >= 11 is 5.85. The van der Waals surface area contributed by atoms with Gasteiger partial charge in [0, 0.05) is 26.6 Å². The number of rotatable bonds is 6. The summed E-state index contributed by atoms with van der Waals surface area (Å²) in [6.45, 7) is 4.99. The number of esters is 1. The Labute approximate surface area is 206 Å². The third kappa shape index (κ3) is 4.20. The molecule has 0 aromatic heterocycles. The molecule has 1 unspecified atom stereocenters. The highest BCUT2D eigenvalue weighted by molar-refractivity contribution is 6.43. The largest absolute Gasteiger partial charge is 0.466 e. The predicted molar refractivity (Wildman–Crippen MR) is 121 cm³/mol. The van der Waals surface area contributed by atoms with Gasteiger partial charge in [-0.2, -0.15) is 0 Å². The molecule has 3 amide bonds. The van der Waals surface area contributed by atoms with Crippen LogP contribution in [0.15, 0.2) is 29.6 Å². The van der Waals surface area contributed by atoms with E-state index in [1.165, 1.54) is 39.8 Å². The van der Waals surface area contributed by atoms with E-state index in [9.17, 15) is 28.4 Å². The van der Waals surface area contributed by atoms with Gasteiger partial charge in [-0.15, -0.1) is 0 Å². The predicted octanol–water partition coefficient (Wildman–Crippen LogP) is 2.02. The first-order valence-electron chi connectivity index (χ1n) is 11.2. The molecule has 1 aromatic rings. The van der Waals surface area contributed by atoms with Crippen LogP contribution in [0.3, 0.4) is 0 Å². The summed E-state index contributed by atoms with van der Waals surface area (Å²) in [4.78, 5) is 68.0. The quantitative estimate of drug-likeness (QED) is 0.253. The number of hydrogen-bond donors (Lipinski definition) is 0. The van der Waals surface area contributed by atoms with Crippen LogP contribution in [0.1, 0.15) is 39.2 Å². The summed E-state index contributed by atoms with van der Waals surface area (Å²) in [7, 11) is 0. The molecule has 1 aromatic carbocycles. The fourth-order valence-corrected chi connectivity index (χ4v) is 5.03. The lowest BCUT2D eigenvalue weighted by molar-refractivity contribution is -0.154. The highest BCUT2D eigenvalue weighted by atomic mass is 35.5. The lowest BCUT2D eigenvalue weighted by Crippen LogP contribution is -2.57. The summed E-state index contributed by atoms with van der Waals surface area (Å²) in [5.41, 5.74) is -0.285. The van der Waals surface area contributed by atoms with Gasteiger partial charge in [0.05, 0.1) is 11.6 Å². The van der Waals surface area contributed by atoms with Gasteiger partial charge in [0.25, 0.3) is 11.8 Å². The molecule has 0 saturated carbocycles. The van der Waals surface area contributed by atoms with Crippen molar-refractivity contribution in [2.45, 2.75) is 45.7 Å². The van der Waals surface area contributed by atoms with Gasteiger partial charge in [0.1, 0.15) is 23.1 Å². The minimum Gasteiger partial charge on any atom is -0.466 e. The maximum Gasteiger partial charge on any atom is 0.302 e. The fraction of sp³-hybridized carbons (Fsp3) is 0.458. The zero-order valence-electron chi connectivity index (χ0n) is 19.6. The first-order chi connectivity index (χ1) is 16.4. The van der Waals surface area contributed by atoms with Gasteiger partial charge < -0.3 is 9.64 Å². The van der Waals surface area contributed by atoms with Crippen LogP contribution in [0.4, 0.5) is 4.39 Å². The molecule has 11 heteroatoms. The number of hydrogen-bond acceptors (Lipinski definition) is 6. The van der Waals surface area contributed by atoms with E-state index in [0.717, 1.165) is 0 Å². The summed E-state index contributed by atoms with van der Waals surface area (Å²) < 4.78 is 18.5. The zero-order chi connectivity index (χ0) is 25.7. The Morgan fingerprint density at radius 3 is 2.60 bits per heavy atom. The molecular formula is C24H25ClFN3O6. The zero-order valence-corrected chi connectivity index (χ0v) is 20.4. The lowest BCUT2D eigenvalue weighted by Gasteiger charge is -2.41. The molecule has 2 fully saturated rings. The summed E-state index contributed by atoms with van der Waals surface area (Å²) in [5, 5.41) is -0.0783. The van der Waals surface area contributed by atoms with E-state index < -0.39 is 40.8 Å². The van der Waals surface area contributed by atoms with Crippen LogP contribution in [-0.4, -0.2) is 69.4 Å². The normalized spacial score (nSPS) is 21.5. The average Bonchev–Trinajstić information content (AvgIpc) is 2.99. The van der Waals surface area contributed by atoms with Crippen molar-refractivity contribution in [3.05, 3.63) is 46.0 Å². The van der Waals surface area contributed by atoms with Gasteiger partial charge in [0.2, 0.25) is 11.7 Å². The van der Waals surface area contributed by atoms with E-state index in [-0.39, 0.29) is 49.4 Å². The van der Waals surface area contributed by atoms with E-state index in [0.29, 0.717) is 17.6 Å². The van der Waals surface area contributed by atoms with E-state index >= 15 is 0 Å². The van der Waals surface area contributed by atoms with Crippen molar-refractivity contribution >= 4 is 41.1 Å². The topological polar surface area (TPSA) is 104 Å². The van der Waals surface area contributed by atoms with E-state index in [1.807, 2.05) is 0 Å². The number of carbonyl (C=O) groups is 5. The first-order valence-corrected chi connectivity index (χ1v) is 11.6. The van der Waals surface area contributed by atoms with Crippen molar-refractivity contribution in [2.75, 3.05) is 19.7 Å². The SMILES string of the molecule is CC(=O)OCCCN1C(=O)C(C)(C)N2C(=O)C(=O)C3C(=O)N(Cc4ccc(F)c(Cl)c4)CCC3=C12. The van der Waals surface area contributed by atoms with Gasteiger partial charge in [-0.3, -0.25) is 33.8 Å². The van der Waals surface area contributed by atoms with Crippen molar-refractivity contribution in [3.63, 3.8) is 0 Å². The number of benzene rings is 1. The van der Waals surface area contributed by atoms with Crippen molar-refractivity contribution in [1.29, 1.82) is 0 Å². The maximum atomic E-state index is 13.5. The minimum absolute atomic E-state index is 0.0783. The standard InChI is InChI=1S/C24H25ClFN3O6/c1-13(30)35-10-4-8-28-20-15-7-9-27(12-14-5-6-17(26)16(25)11-14)21(32)18(15)19(31)22(33)29(20)24(2,3)23(28)34/h5-6,11,18H,4,7-10,12H2,1-3H3. The molecule has 2 saturated heterocycles. The molecule has 4 rings (SSSR count). The molecule has 9 nitrogen and oxygen atoms in total. The van der Waals surface area contributed by atoms with Crippen LogP contribution in [0.5, 0.6) is 0 Å². The molecule has 0 spiro atoms. The Kier molecular flexibility index (Phi) is 6.44. The van der Waals surface area contributed by atoms with Crippen LogP contribution in [0, 0.1) is 11.7 Å². The third-order valence-corrected chi connectivity index (χ3v) is 6.79. The van der Waals surface area contributed by atoms with Crippen molar-refractivity contribution < 1.29 is 33.1 Å². The Bertz CT molecular complexity index is 1180. The molecule has 3 aliphatic heterocycles. The van der Waals surface area contributed by atoms with Crippen molar-refractivity contribution in [1.82, 2.24) is 14.7 Å². The number of ether oxygens (including phenoxy) is 1. The number of amides is 3. The molecule has 3 heterocycles. The lowest BCUT2D eigenvalue weighted by atomic mass is 9.83. The second-order valence-corrected chi connectivity index (χ2v) is 9.66. The van der Waals surface area contributed by atoms with Crippen LogP contribution < -0.4 is 0 Å². The van der Waals surface area contributed by atoms with Gasteiger partial charge >= 0.3 is 5.97 Å². The van der Waals surface area contributed by atoms with Gasteiger partial charge in [-0.25, -0.2) is 4.39 Å². The van der Waals surface area contributed by atoms with Gasteiger partial charge in [0.15, 0.2) is 0 Å². The smallest absolute Gasteiger partial charge is 0.302 e. The highest BCUT2D eigenvalue weighted by Gasteiger charge is 2.59. The Morgan fingerprint density at radius 2 is 1.94 bits per heavy atom. The molecule has 186 valence electrons. The van der Waals surface area contributed by atoms with Gasteiger partial charge in [-0.1, -0.05) is 17.7 Å². The third-order valence-electron chi connectivity index (χ3n) is 6.51. The minimum atomic E-state index is -1.32. The summed E-state index contributed by atoms with van der Waals surface area (Å²) in [6.07, 6.45) is 0.601. The molecule has 0 N–H and O–H groups in total. The number of nitrogens with zero attached hydrogens (tertiary/aromatic N) is 3. The Balaban J connectivity index is 1.66. The number of ketones is 1. The van der Waals surface area contributed by atoms with Crippen LogP contribution in [0.2, 0.25) is 5.02 Å². The van der Waals surface area contributed by atoms with E-state index in [2.05, 4.69) is 0 Å². The first kappa shape index (κ1) is 24.8. The number of likely N-dealkylation sites (tertiary alicyclic amines) is 1. The summed E-state index contributed by atoms with van der Waals surface area (Å²) in [5.74, 6) is -4.78. The molecule has 0 bridgehead atoms. The van der Waals surface area contributed by atoms with Crippen LogP contribution >= 0.6 is 11.6 Å². The van der Waals surface area contributed by atoms with Crippen LogP contribution in [0.25, 0.3) is 0 Å². The number of fused-ring (bicyclic) bond motifs is 2. The fourth-order valence-electron chi connectivity index (χ4n) is 4.82. The number of Topliss-reactive ketones (excluding diaryl/α,β-unsaturated/α-hetero) is 1. The van der Waals surface area contributed by atoms with Crippen molar-refractivity contribution in [3.8, 4) is 0 Å². The van der Waals surface area contributed by atoms with E-state index in [1.54, 1.807) is 13.8 Å². The molecule has 0 radical (unpaired) electrons. The summed E-state index contributed by atoms with van der Waals surface area (Å²) in [6, 6.07) is 4.12. The highest BCUT2D eigenvalue weighted by Crippen LogP contribution is 2.44. The number of piperidine rings is 1. The molecule has 3 aliphatic rings. The number of halogens is 2. The Hall–Kier alpha value is -3.27. The van der Waals surface area contributed by atoms with Crippen LogP contribution in [-0.2, 0) is 35.3 Å². The Morgan fingerprint density at radius 1 is 1.23 bits per heavy atom. The average molecular weight is 506 g/mol. The van der Waals surface area contributed by atoms with Crippen molar-refractivity contribution in [2.24, 2.45) is 5.92 Å². The second kappa shape index (κ2) is 9.07. The molecule has 0 aliphatic carbocycles. The van der Waals surface area contributed by atoms with Gasteiger partial charge in [-0.05, 0) is 50.0 Å². The molecule has 35 heavy (non-hydrogen) atoms.